The number of carbonyl (C=O) groups is 1. The van der Waals surface area contributed by atoms with Gasteiger partial charge in [0.05, 0.1) is 5.92 Å². The molecule has 3 saturated carbocycles. The maximum atomic E-state index is 13.3. The summed E-state index contributed by atoms with van der Waals surface area (Å²) in [6, 6.07) is 3.27. The minimum atomic E-state index is -0.983. The van der Waals surface area contributed by atoms with Gasteiger partial charge in [0.25, 0.3) is 0 Å². The van der Waals surface area contributed by atoms with Crippen LogP contribution in [0.15, 0.2) is 18.2 Å². The Morgan fingerprint density at radius 3 is 2.20 bits per heavy atom. The third-order valence-electron chi connectivity index (χ3n) is 8.34. The van der Waals surface area contributed by atoms with Gasteiger partial charge in [-0.05, 0) is 99.5 Å². The molecular formula is C26H36F2O2. The average Bonchev–Trinajstić information content (AvgIpc) is 2.76. The molecule has 0 amide bonds. The Balaban J connectivity index is 1.24. The Bertz CT molecular complexity index is 726. The first-order valence-electron chi connectivity index (χ1n) is 12.2. The Kier molecular flexibility index (Phi) is 7.10. The highest BCUT2D eigenvalue weighted by molar-refractivity contribution is 5.75. The van der Waals surface area contributed by atoms with Crippen LogP contribution in [-0.4, -0.2) is 5.97 Å². The third-order valence-corrected chi connectivity index (χ3v) is 8.34. The summed E-state index contributed by atoms with van der Waals surface area (Å²) < 4.78 is 31.7. The van der Waals surface area contributed by atoms with Crippen molar-refractivity contribution >= 4 is 5.97 Å². The fourth-order valence-corrected chi connectivity index (χ4v) is 6.69. The fourth-order valence-electron chi connectivity index (χ4n) is 6.69. The maximum Gasteiger partial charge on any atom is 0.314 e. The van der Waals surface area contributed by atoms with Gasteiger partial charge in [0.15, 0.2) is 11.6 Å². The molecule has 3 aliphatic rings. The van der Waals surface area contributed by atoms with E-state index >= 15 is 0 Å². The second kappa shape index (κ2) is 9.78. The summed E-state index contributed by atoms with van der Waals surface area (Å²) >= 11 is 0. The summed E-state index contributed by atoms with van der Waals surface area (Å²) in [5.74, 6) is 2.23. The summed E-state index contributed by atoms with van der Waals surface area (Å²) in [6.07, 6.45) is 15.2. The number of fused-ring (bicyclic) bond motifs is 1. The van der Waals surface area contributed by atoms with Gasteiger partial charge in [0.1, 0.15) is 5.75 Å². The van der Waals surface area contributed by atoms with Crippen LogP contribution in [0.4, 0.5) is 8.78 Å². The lowest BCUT2D eigenvalue weighted by molar-refractivity contribution is -0.140. The Morgan fingerprint density at radius 1 is 0.867 bits per heavy atom. The smallest absolute Gasteiger partial charge is 0.314 e. The van der Waals surface area contributed by atoms with Crippen LogP contribution in [0.5, 0.6) is 5.75 Å². The molecule has 4 heteroatoms. The number of rotatable bonds is 5. The molecule has 0 aromatic heterocycles. The topological polar surface area (TPSA) is 26.3 Å². The van der Waals surface area contributed by atoms with Gasteiger partial charge in [0.2, 0.25) is 0 Å². The summed E-state index contributed by atoms with van der Waals surface area (Å²) in [5, 5.41) is 0. The summed E-state index contributed by atoms with van der Waals surface area (Å²) in [6.45, 7) is 2.31. The maximum absolute atomic E-state index is 13.3. The summed E-state index contributed by atoms with van der Waals surface area (Å²) in [4.78, 5) is 12.5. The molecule has 4 unspecified atom stereocenters. The first-order chi connectivity index (χ1) is 14.5. The monoisotopic (exact) mass is 418 g/mol. The van der Waals surface area contributed by atoms with Crippen LogP contribution in [0.25, 0.3) is 0 Å². The number of halogens is 2. The molecule has 1 aromatic carbocycles. The molecule has 4 atom stereocenters. The molecule has 0 heterocycles. The molecule has 30 heavy (non-hydrogen) atoms. The highest BCUT2D eigenvalue weighted by Gasteiger charge is 2.39. The molecule has 0 saturated heterocycles. The van der Waals surface area contributed by atoms with Gasteiger partial charge >= 0.3 is 5.97 Å². The lowest BCUT2D eigenvalue weighted by Crippen LogP contribution is -2.35. The van der Waals surface area contributed by atoms with E-state index in [0.717, 1.165) is 67.4 Å². The zero-order valence-electron chi connectivity index (χ0n) is 18.3. The van der Waals surface area contributed by atoms with Gasteiger partial charge in [-0.25, -0.2) is 8.78 Å². The van der Waals surface area contributed by atoms with E-state index in [1.807, 2.05) is 0 Å². The van der Waals surface area contributed by atoms with Crippen LogP contribution in [0.1, 0.15) is 84.0 Å². The van der Waals surface area contributed by atoms with E-state index in [4.69, 9.17) is 4.74 Å². The van der Waals surface area contributed by atoms with Crippen molar-refractivity contribution in [1.29, 1.82) is 0 Å². The van der Waals surface area contributed by atoms with Crippen molar-refractivity contribution in [3.05, 3.63) is 29.8 Å². The zero-order valence-corrected chi connectivity index (χ0v) is 18.3. The van der Waals surface area contributed by atoms with Gasteiger partial charge in [-0.3, -0.25) is 4.79 Å². The highest BCUT2D eigenvalue weighted by Crippen LogP contribution is 2.49. The van der Waals surface area contributed by atoms with E-state index in [1.165, 1.54) is 57.4 Å². The second-order valence-electron chi connectivity index (χ2n) is 10.2. The normalized spacial score (nSPS) is 34.2. The number of hydrogen-bond donors (Lipinski definition) is 0. The van der Waals surface area contributed by atoms with Gasteiger partial charge in [-0.15, -0.1) is 0 Å². The zero-order chi connectivity index (χ0) is 21.1. The predicted octanol–water partition coefficient (Wildman–Crippen LogP) is 7.31. The molecule has 1 aromatic rings. The number of carbonyl (C=O) groups excluding carboxylic acids is 1. The van der Waals surface area contributed by atoms with Crippen LogP contribution in [0.3, 0.4) is 0 Å². The minimum absolute atomic E-state index is 0.0954. The van der Waals surface area contributed by atoms with E-state index in [-0.39, 0.29) is 17.6 Å². The van der Waals surface area contributed by atoms with Crippen molar-refractivity contribution in [2.24, 2.45) is 35.5 Å². The molecule has 0 N–H and O–H groups in total. The lowest BCUT2D eigenvalue weighted by atomic mass is 9.60. The third kappa shape index (κ3) is 5.06. The molecule has 0 aliphatic heterocycles. The highest BCUT2D eigenvalue weighted by atomic mass is 19.2. The number of hydrogen-bond acceptors (Lipinski definition) is 2. The van der Waals surface area contributed by atoms with Crippen molar-refractivity contribution in [3.8, 4) is 5.75 Å². The second-order valence-corrected chi connectivity index (χ2v) is 10.2. The standard InChI is InChI=1S/C26H36F2O2/c1-2-3-17-4-5-22-15-21(11-10-20(22)14-17)18-6-8-19(9-7-18)26(29)30-23-12-13-24(27)25(28)16-23/h12-13,16-22H,2-11,14-15H2,1H3. The lowest BCUT2D eigenvalue weighted by Gasteiger charge is -2.45. The minimum Gasteiger partial charge on any atom is -0.426 e. The van der Waals surface area contributed by atoms with Gasteiger partial charge < -0.3 is 4.74 Å². The fraction of sp³-hybridized carbons (Fsp3) is 0.731. The molecule has 3 aliphatic carbocycles. The van der Waals surface area contributed by atoms with Crippen LogP contribution in [0, 0.1) is 47.1 Å². The molecule has 0 radical (unpaired) electrons. The molecular weight excluding hydrogens is 382 g/mol. The average molecular weight is 419 g/mol. The van der Waals surface area contributed by atoms with E-state index in [2.05, 4.69) is 6.92 Å². The van der Waals surface area contributed by atoms with Crippen LogP contribution in [-0.2, 0) is 4.79 Å². The number of ether oxygens (including phenoxy) is 1. The Morgan fingerprint density at radius 2 is 1.50 bits per heavy atom. The SMILES string of the molecule is CCCC1CCC2CC(C3CCC(C(=O)Oc4ccc(F)c(F)c4)CC3)CCC2C1. The molecule has 3 fully saturated rings. The van der Waals surface area contributed by atoms with Crippen molar-refractivity contribution in [3.63, 3.8) is 0 Å². The first kappa shape index (κ1) is 21.8. The summed E-state index contributed by atoms with van der Waals surface area (Å²) in [5.41, 5.74) is 0. The van der Waals surface area contributed by atoms with E-state index < -0.39 is 11.6 Å². The van der Waals surface area contributed by atoms with E-state index in [9.17, 15) is 13.6 Å². The van der Waals surface area contributed by atoms with Crippen LogP contribution < -0.4 is 4.74 Å². The molecule has 0 bridgehead atoms. The van der Waals surface area contributed by atoms with Gasteiger partial charge in [0, 0.05) is 6.07 Å². The quantitative estimate of drug-likeness (QED) is 0.370. The molecule has 0 spiro atoms. The van der Waals surface area contributed by atoms with Crippen LogP contribution in [0.2, 0.25) is 0 Å². The van der Waals surface area contributed by atoms with Crippen molar-refractivity contribution in [2.75, 3.05) is 0 Å². The largest absolute Gasteiger partial charge is 0.426 e. The van der Waals surface area contributed by atoms with Crippen LogP contribution >= 0.6 is 0 Å². The predicted molar refractivity (Wildman–Crippen MR) is 114 cm³/mol. The van der Waals surface area contributed by atoms with Crippen molar-refractivity contribution in [1.82, 2.24) is 0 Å². The summed E-state index contributed by atoms with van der Waals surface area (Å²) in [7, 11) is 0. The van der Waals surface area contributed by atoms with Gasteiger partial charge in [-0.1, -0.05) is 26.2 Å². The van der Waals surface area contributed by atoms with Crippen molar-refractivity contribution < 1.29 is 18.3 Å². The van der Waals surface area contributed by atoms with E-state index in [0.29, 0.717) is 0 Å². The Labute approximate surface area is 179 Å². The van der Waals surface area contributed by atoms with Crippen molar-refractivity contribution in [2.45, 2.75) is 84.0 Å². The van der Waals surface area contributed by atoms with E-state index in [1.54, 1.807) is 0 Å². The number of esters is 1. The first-order valence-corrected chi connectivity index (χ1v) is 12.2. The van der Waals surface area contributed by atoms with Gasteiger partial charge in [-0.2, -0.15) is 0 Å². The molecule has 4 rings (SSSR count). The molecule has 2 nitrogen and oxygen atoms in total. The number of benzene rings is 1. The Hall–Kier alpha value is -1.45. The molecule has 166 valence electrons.